The molecular formula is C32H37FN8O4. The molecule has 1 aliphatic carbocycles. The first kappa shape index (κ1) is 28.4. The summed E-state index contributed by atoms with van der Waals surface area (Å²) in [4.78, 5) is 37.2. The Balaban J connectivity index is 1.10. The molecule has 13 heteroatoms. The lowest BCUT2D eigenvalue weighted by atomic mass is 9.84. The van der Waals surface area contributed by atoms with E-state index in [9.17, 15) is 14.7 Å². The van der Waals surface area contributed by atoms with Gasteiger partial charge in [0.2, 0.25) is 0 Å². The van der Waals surface area contributed by atoms with Gasteiger partial charge in [-0.1, -0.05) is 12.8 Å². The van der Waals surface area contributed by atoms with Crippen molar-refractivity contribution in [1.29, 1.82) is 0 Å². The summed E-state index contributed by atoms with van der Waals surface area (Å²) in [6.45, 7) is 3.54. The molecule has 0 spiro atoms. The van der Waals surface area contributed by atoms with Crippen LogP contribution in [0.5, 0.6) is 0 Å². The lowest BCUT2D eigenvalue weighted by Gasteiger charge is -2.39. The highest BCUT2D eigenvalue weighted by atomic mass is 19.1. The fourth-order valence-corrected chi connectivity index (χ4v) is 7.78. The van der Waals surface area contributed by atoms with E-state index in [-0.39, 0.29) is 29.2 Å². The number of alkyl halides is 1. The monoisotopic (exact) mass is 616 g/mol. The number of aliphatic hydroxyl groups excluding tert-OH is 1. The average molecular weight is 617 g/mol. The SMILES string of the molecule is Cn1cc(-c2ccnc(N3C=CN4C5CCCCC5C(F)C4C3=O)c2CO)cc(Nc2cc3n(n2)CCN(C2COC2)C3)c1=O. The molecule has 8 rings (SSSR count). The average Bonchev–Trinajstić information content (AvgIpc) is 3.56. The summed E-state index contributed by atoms with van der Waals surface area (Å²) in [6.07, 6.45) is 9.14. The first-order valence-corrected chi connectivity index (χ1v) is 15.8. The van der Waals surface area contributed by atoms with Crippen molar-refractivity contribution >= 4 is 23.2 Å². The number of nitrogens with zero attached hydrogens (tertiary/aromatic N) is 7. The third-order valence-corrected chi connectivity index (χ3v) is 10.2. The number of pyridine rings is 2. The van der Waals surface area contributed by atoms with E-state index in [0.29, 0.717) is 34.2 Å². The summed E-state index contributed by atoms with van der Waals surface area (Å²) in [7, 11) is 1.67. The van der Waals surface area contributed by atoms with E-state index < -0.39 is 18.8 Å². The maximum Gasteiger partial charge on any atom is 0.274 e. The summed E-state index contributed by atoms with van der Waals surface area (Å²) >= 11 is 0. The lowest BCUT2D eigenvalue weighted by Crippen LogP contribution is -2.51. The number of aryl methyl sites for hydroxylation is 1. The van der Waals surface area contributed by atoms with E-state index in [4.69, 9.17) is 9.84 Å². The van der Waals surface area contributed by atoms with Crippen molar-refractivity contribution in [3.63, 3.8) is 0 Å². The van der Waals surface area contributed by atoms with Gasteiger partial charge in [0.25, 0.3) is 11.5 Å². The molecule has 0 bridgehead atoms. The Morgan fingerprint density at radius 1 is 1.13 bits per heavy atom. The number of carbonyl (C=O) groups is 1. The second-order valence-electron chi connectivity index (χ2n) is 12.8. The number of aromatic nitrogens is 4. The van der Waals surface area contributed by atoms with Crippen LogP contribution >= 0.6 is 0 Å². The number of rotatable bonds is 6. The molecule has 3 aromatic rings. The first-order valence-electron chi connectivity index (χ1n) is 15.8. The van der Waals surface area contributed by atoms with Gasteiger partial charge in [-0.15, -0.1) is 0 Å². The van der Waals surface area contributed by atoms with Crippen LogP contribution in [0.15, 0.2) is 47.8 Å². The van der Waals surface area contributed by atoms with Crippen molar-refractivity contribution in [2.45, 2.75) is 69.7 Å². The van der Waals surface area contributed by atoms with E-state index in [1.165, 1.54) is 9.47 Å². The lowest BCUT2D eigenvalue weighted by molar-refractivity contribution is -0.123. The second-order valence-corrected chi connectivity index (χ2v) is 12.8. The Bertz CT molecular complexity index is 1730. The van der Waals surface area contributed by atoms with E-state index in [2.05, 4.69) is 15.2 Å². The molecule has 1 amide bonds. The summed E-state index contributed by atoms with van der Waals surface area (Å²) in [6, 6.07) is 5.02. The van der Waals surface area contributed by atoms with Gasteiger partial charge in [0.15, 0.2) is 5.82 Å². The predicted octanol–water partition coefficient (Wildman–Crippen LogP) is 2.49. The van der Waals surface area contributed by atoms with Gasteiger partial charge in [-0.05, 0) is 30.5 Å². The standard InChI is InChI=1S/C32H37FN8O4/c1-37-14-19(12-25(31(37)43)35-27-13-20-15-38(21-17-45-18-21)8-11-41(20)36-27)22-6-7-34-30(24(22)16-42)40-10-9-39-26-5-3-2-4-23(26)28(33)29(39)32(40)44/h6-7,9-10,12-14,21,23,26,28-29,42H,2-5,8,11,15-18H2,1H3,(H,35,36). The predicted molar refractivity (Wildman–Crippen MR) is 164 cm³/mol. The molecule has 3 aromatic heterocycles. The van der Waals surface area contributed by atoms with Gasteiger partial charge in [0.1, 0.15) is 23.7 Å². The zero-order valence-corrected chi connectivity index (χ0v) is 25.2. The molecule has 0 aromatic carbocycles. The topological polar surface area (TPSA) is 121 Å². The van der Waals surface area contributed by atoms with Crippen LogP contribution < -0.4 is 15.8 Å². The number of hydrogen-bond donors (Lipinski definition) is 2. The van der Waals surface area contributed by atoms with Gasteiger partial charge < -0.3 is 24.6 Å². The summed E-state index contributed by atoms with van der Waals surface area (Å²) in [5.41, 5.74) is 2.85. The fourth-order valence-electron chi connectivity index (χ4n) is 7.78. The molecular weight excluding hydrogens is 579 g/mol. The fraction of sp³-hybridized carbons (Fsp3) is 0.500. The molecule has 4 aliphatic heterocycles. The molecule has 4 atom stereocenters. The minimum absolute atomic E-state index is 0.0337. The molecule has 3 fully saturated rings. The van der Waals surface area contributed by atoms with Crippen molar-refractivity contribution < 1.29 is 19.0 Å². The van der Waals surface area contributed by atoms with Gasteiger partial charge in [-0.25, -0.2) is 9.37 Å². The molecule has 45 heavy (non-hydrogen) atoms. The van der Waals surface area contributed by atoms with E-state index in [0.717, 1.165) is 64.2 Å². The molecule has 2 saturated heterocycles. The number of anilines is 3. The van der Waals surface area contributed by atoms with Gasteiger partial charge in [-0.2, -0.15) is 5.10 Å². The molecule has 4 unspecified atom stereocenters. The van der Waals surface area contributed by atoms with Gasteiger partial charge in [0, 0.05) is 74.1 Å². The molecule has 0 radical (unpaired) electrons. The third kappa shape index (κ3) is 4.67. The van der Waals surface area contributed by atoms with Crippen molar-refractivity contribution in [3.05, 3.63) is 64.6 Å². The van der Waals surface area contributed by atoms with Gasteiger partial charge in [0.05, 0.1) is 38.1 Å². The Morgan fingerprint density at radius 2 is 1.98 bits per heavy atom. The molecule has 1 saturated carbocycles. The number of halogens is 1. The van der Waals surface area contributed by atoms with Crippen molar-refractivity contribution in [3.8, 4) is 11.1 Å². The normalized spacial score (nSPS) is 26.4. The highest BCUT2D eigenvalue weighted by molar-refractivity contribution is 6.01. The molecule has 2 N–H and O–H groups in total. The van der Waals surface area contributed by atoms with E-state index in [1.54, 1.807) is 37.8 Å². The minimum Gasteiger partial charge on any atom is -0.392 e. The quantitative estimate of drug-likeness (QED) is 0.431. The Hall–Kier alpha value is -4.07. The Labute approximate surface area is 259 Å². The van der Waals surface area contributed by atoms with Crippen molar-refractivity contribution in [2.24, 2.45) is 13.0 Å². The second kappa shape index (κ2) is 11.1. The number of ether oxygens (including phenoxy) is 1. The Morgan fingerprint density at radius 3 is 2.78 bits per heavy atom. The highest BCUT2D eigenvalue weighted by Crippen LogP contribution is 2.44. The maximum absolute atomic E-state index is 15.7. The van der Waals surface area contributed by atoms with E-state index >= 15 is 4.39 Å². The van der Waals surface area contributed by atoms with Crippen molar-refractivity contribution in [2.75, 3.05) is 30.0 Å². The highest BCUT2D eigenvalue weighted by Gasteiger charge is 2.54. The van der Waals surface area contributed by atoms with Crippen LogP contribution in [0.2, 0.25) is 0 Å². The third-order valence-electron chi connectivity index (χ3n) is 10.2. The zero-order valence-electron chi connectivity index (χ0n) is 25.2. The maximum atomic E-state index is 15.7. The number of nitrogens with one attached hydrogen (secondary N) is 1. The molecule has 5 aliphatic rings. The van der Waals surface area contributed by atoms with E-state index in [1.807, 2.05) is 21.8 Å². The van der Waals surface area contributed by atoms with Crippen LogP contribution in [0, 0.1) is 5.92 Å². The van der Waals surface area contributed by atoms with Crippen LogP contribution in [-0.4, -0.2) is 84.2 Å². The zero-order chi connectivity index (χ0) is 30.8. The van der Waals surface area contributed by atoms with Crippen LogP contribution in [-0.2, 0) is 36.3 Å². The number of carbonyl (C=O) groups excluding carboxylic acids is 1. The minimum atomic E-state index is -1.25. The molecule has 236 valence electrons. The number of hydrogen-bond acceptors (Lipinski definition) is 9. The molecule has 7 heterocycles. The largest absolute Gasteiger partial charge is 0.392 e. The van der Waals surface area contributed by atoms with Crippen LogP contribution in [0.4, 0.5) is 21.7 Å². The van der Waals surface area contributed by atoms with Crippen LogP contribution in [0.3, 0.4) is 0 Å². The molecule has 12 nitrogen and oxygen atoms in total. The first-order chi connectivity index (χ1) is 21.9. The number of aliphatic hydroxyl groups is 1. The number of amides is 1. The smallest absolute Gasteiger partial charge is 0.274 e. The van der Waals surface area contributed by atoms with Crippen molar-refractivity contribution in [1.82, 2.24) is 29.1 Å². The Kier molecular flexibility index (Phi) is 6.99. The van der Waals surface area contributed by atoms with Gasteiger partial charge in [-0.3, -0.25) is 24.1 Å². The van der Waals surface area contributed by atoms with Crippen LogP contribution in [0.25, 0.3) is 11.1 Å². The van der Waals surface area contributed by atoms with Crippen LogP contribution in [0.1, 0.15) is 36.9 Å². The summed E-state index contributed by atoms with van der Waals surface area (Å²) in [5, 5.41) is 18.5. The summed E-state index contributed by atoms with van der Waals surface area (Å²) < 4.78 is 24.5. The summed E-state index contributed by atoms with van der Waals surface area (Å²) in [5.74, 6) is 0.302. The number of fused-ring (bicyclic) bond motifs is 4. The van der Waals surface area contributed by atoms with Gasteiger partial charge >= 0.3 is 0 Å².